The summed E-state index contributed by atoms with van der Waals surface area (Å²) in [6.45, 7) is 3.82. The second-order valence-electron chi connectivity index (χ2n) is 7.10. The van der Waals surface area contributed by atoms with E-state index in [-0.39, 0.29) is 0 Å². The summed E-state index contributed by atoms with van der Waals surface area (Å²) in [5, 5.41) is 4.80. The first-order valence-electron chi connectivity index (χ1n) is 9.26. The van der Waals surface area contributed by atoms with Crippen LogP contribution in [0.2, 0.25) is 0 Å². The summed E-state index contributed by atoms with van der Waals surface area (Å²) in [7, 11) is 1.77. The van der Waals surface area contributed by atoms with Gasteiger partial charge in [0.2, 0.25) is 0 Å². The number of aromatic nitrogens is 3. The van der Waals surface area contributed by atoms with Gasteiger partial charge in [-0.3, -0.25) is 0 Å². The number of hydrogen-bond donors (Lipinski definition) is 0. The largest absolute Gasteiger partial charge is 0.383 e. The zero-order valence-electron chi connectivity index (χ0n) is 14.3. The monoisotopic (exact) mass is 305 g/mol. The third-order valence-electron chi connectivity index (χ3n) is 5.67. The number of methoxy groups -OCH3 is 1. The molecule has 0 spiro atoms. The number of aryl methyl sites for hydroxylation is 1. The van der Waals surface area contributed by atoms with Crippen molar-refractivity contribution >= 4 is 0 Å². The van der Waals surface area contributed by atoms with Gasteiger partial charge in [0.15, 0.2) is 5.82 Å². The normalized spacial score (nSPS) is 27.5. The molecule has 0 unspecified atom stereocenters. The Morgan fingerprint density at radius 2 is 2.09 bits per heavy atom. The Hall–Kier alpha value is -0.900. The highest BCUT2D eigenvalue weighted by molar-refractivity contribution is 5.08. The molecular formula is C18H31N3O. The van der Waals surface area contributed by atoms with Crippen molar-refractivity contribution in [3.05, 3.63) is 11.6 Å². The average molecular weight is 305 g/mol. The lowest BCUT2D eigenvalue weighted by Crippen LogP contribution is -2.16. The molecule has 124 valence electrons. The van der Waals surface area contributed by atoms with Crippen LogP contribution in [0.25, 0.3) is 0 Å². The van der Waals surface area contributed by atoms with Crippen molar-refractivity contribution in [2.24, 2.45) is 11.8 Å². The van der Waals surface area contributed by atoms with Gasteiger partial charge in [-0.1, -0.05) is 32.6 Å². The van der Waals surface area contributed by atoms with Crippen molar-refractivity contribution in [2.45, 2.75) is 77.2 Å². The maximum Gasteiger partial charge on any atom is 0.150 e. The molecule has 2 saturated carbocycles. The fraction of sp³-hybridized carbons (Fsp3) is 0.889. The van der Waals surface area contributed by atoms with Crippen LogP contribution < -0.4 is 0 Å². The lowest BCUT2D eigenvalue weighted by molar-refractivity contribution is 0.181. The van der Waals surface area contributed by atoms with Gasteiger partial charge < -0.3 is 4.74 Å². The van der Waals surface area contributed by atoms with E-state index in [9.17, 15) is 0 Å². The molecule has 0 amide bonds. The third kappa shape index (κ3) is 3.37. The molecule has 0 N–H and O–H groups in total. The Balaban J connectivity index is 1.75. The molecule has 2 fully saturated rings. The number of unbranched alkanes of at least 4 members (excludes halogenated alkanes) is 2. The maximum absolute atomic E-state index is 5.27. The summed E-state index contributed by atoms with van der Waals surface area (Å²) >= 11 is 0. The predicted octanol–water partition coefficient (Wildman–Crippen LogP) is 3.95. The summed E-state index contributed by atoms with van der Waals surface area (Å²) in [5.41, 5.74) is 0. The van der Waals surface area contributed by atoms with E-state index >= 15 is 0 Å². The van der Waals surface area contributed by atoms with Crippen LogP contribution in [0, 0.1) is 11.8 Å². The van der Waals surface area contributed by atoms with Crippen molar-refractivity contribution in [3.8, 4) is 0 Å². The van der Waals surface area contributed by atoms with Crippen molar-refractivity contribution in [2.75, 3.05) is 13.7 Å². The zero-order valence-corrected chi connectivity index (χ0v) is 14.3. The van der Waals surface area contributed by atoms with Crippen molar-refractivity contribution in [1.29, 1.82) is 0 Å². The highest BCUT2D eigenvalue weighted by Gasteiger charge is 2.41. The molecule has 2 aliphatic carbocycles. The van der Waals surface area contributed by atoms with E-state index in [1.165, 1.54) is 57.2 Å². The Morgan fingerprint density at radius 3 is 2.91 bits per heavy atom. The highest BCUT2D eigenvalue weighted by Crippen LogP contribution is 2.51. The first kappa shape index (κ1) is 16.0. The standard InChI is InChI=1S/C18H31N3O/c1-3-4-5-9-17-19-18(21(20-17)12-13-22-2)16-11-10-14-7-6-8-15(14)16/h14-16H,3-13H2,1-2H3/t14-,15-,16-/m0/s1. The smallest absolute Gasteiger partial charge is 0.150 e. The Bertz CT molecular complexity index is 471. The molecule has 1 heterocycles. The topological polar surface area (TPSA) is 39.9 Å². The summed E-state index contributed by atoms with van der Waals surface area (Å²) < 4.78 is 7.43. The van der Waals surface area contributed by atoms with E-state index in [2.05, 4.69) is 11.6 Å². The molecule has 3 atom stereocenters. The molecule has 1 aromatic rings. The van der Waals surface area contributed by atoms with E-state index < -0.39 is 0 Å². The van der Waals surface area contributed by atoms with Gasteiger partial charge in [-0.25, -0.2) is 9.67 Å². The van der Waals surface area contributed by atoms with E-state index in [4.69, 9.17) is 14.8 Å². The van der Waals surface area contributed by atoms with Crippen molar-refractivity contribution < 1.29 is 4.74 Å². The van der Waals surface area contributed by atoms with Gasteiger partial charge in [0.05, 0.1) is 13.2 Å². The lowest BCUT2D eigenvalue weighted by atomic mass is 9.91. The Morgan fingerprint density at radius 1 is 1.18 bits per heavy atom. The second-order valence-corrected chi connectivity index (χ2v) is 7.10. The first-order valence-corrected chi connectivity index (χ1v) is 9.26. The summed E-state index contributed by atoms with van der Waals surface area (Å²) in [6.07, 6.45) is 11.7. The van der Waals surface area contributed by atoms with Crippen LogP contribution in [0.1, 0.15) is 75.9 Å². The van der Waals surface area contributed by atoms with Gasteiger partial charge >= 0.3 is 0 Å². The molecule has 0 saturated heterocycles. The minimum atomic E-state index is 0.650. The molecule has 2 aliphatic rings. The second kappa shape index (κ2) is 7.58. The Labute approximate surface area is 134 Å². The average Bonchev–Trinajstić information content (AvgIpc) is 3.20. The minimum Gasteiger partial charge on any atom is -0.383 e. The molecule has 4 nitrogen and oxygen atoms in total. The first-order chi connectivity index (χ1) is 10.8. The number of fused-ring (bicyclic) bond motifs is 1. The van der Waals surface area contributed by atoms with Crippen LogP contribution in [0.4, 0.5) is 0 Å². The van der Waals surface area contributed by atoms with Crippen LogP contribution in [0.15, 0.2) is 0 Å². The van der Waals surface area contributed by atoms with Crippen molar-refractivity contribution in [3.63, 3.8) is 0 Å². The van der Waals surface area contributed by atoms with Crippen LogP contribution in [-0.4, -0.2) is 28.5 Å². The molecule has 1 aromatic heterocycles. The highest BCUT2D eigenvalue weighted by atomic mass is 16.5. The van der Waals surface area contributed by atoms with Crippen molar-refractivity contribution in [1.82, 2.24) is 14.8 Å². The molecule has 22 heavy (non-hydrogen) atoms. The van der Waals surface area contributed by atoms with Gasteiger partial charge in [0, 0.05) is 19.4 Å². The van der Waals surface area contributed by atoms with Gasteiger partial charge in [-0.2, -0.15) is 5.10 Å². The van der Waals surface area contributed by atoms with E-state index in [0.717, 1.165) is 37.2 Å². The Kier molecular flexibility index (Phi) is 5.51. The summed E-state index contributed by atoms with van der Waals surface area (Å²) in [5.74, 6) is 4.80. The predicted molar refractivity (Wildman–Crippen MR) is 87.9 cm³/mol. The van der Waals surface area contributed by atoms with E-state index in [0.29, 0.717) is 5.92 Å². The molecule has 0 bridgehead atoms. The molecule has 0 aromatic carbocycles. The number of hydrogen-bond acceptors (Lipinski definition) is 3. The minimum absolute atomic E-state index is 0.650. The SMILES string of the molecule is CCCCCc1nc([C@H]2CC[C@@H]3CCC[C@@H]32)n(CCOC)n1. The molecule has 4 heteroatoms. The van der Waals surface area contributed by atoms with Gasteiger partial charge in [0.25, 0.3) is 0 Å². The summed E-state index contributed by atoms with van der Waals surface area (Å²) in [6, 6.07) is 0. The number of rotatable bonds is 8. The third-order valence-corrected chi connectivity index (χ3v) is 5.67. The van der Waals surface area contributed by atoms with Crippen LogP contribution in [-0.2, 0) is 17.7 Å². The van der Waals surface area contributed by atoms with Crippen LogP contribution >= 0.6 is 0 Å². The molecule has 3 rings (SSSR count). The fourth-order valence-electron chi connectivity index (χ4n) is 4.54. The molecule has 0 radical (unpaired) electrons. The molecule has 0 aliphatic heterocycles. The van der Waals surface area contributed by atoms with E-state index in [1.807, 2.05) is 0 Å². The number of ether oxygens (including phenoxy) is 1. The van der Waals surface area contributed by atoms with Gasteiger partial charge in [-0.05, 0) is 37.5 Å². The zero-order chi connectivity index (χ0) is 15.4. The van der Waals surface area contributed by atoms with E-state index in [1.54, 1.807) is 7.11 Å². The number of nitrogens with zero attached hydrogens (tertiary/aromatic N) is 3. The fourth-order valence-corrected chi connectivity index (χ4v) is 4.54. The lowest BCUT2D eigenvalue weighted by Gasteiger charge is -2.18. The van der Waals surface area contributed by atoms with Gasteiger partial charge in [0.1, 0.15) is 5.82 Å². The molecular weight excluding hydrogens is 274 g/mol. The quantitative estimate of drug-likeness (QED) is 0.683. The summed E-state index contributed by atoms with van der Waals surface area (Å²) in [4.78, 5) is 4.97. The van der Waals surface area contributed by atoms with Crippen LogP contribution in [0.3, 0.4) is 0 Å². The maximum atomic E-state index is 5.27. The van der Waals surface area contributed by atoms with Gasteiger partial charge in [-0.15, -0.1) is 0 Å². The van der Waals surface area contributed by atoms with Crippen LogP contribution in [0.5, 0.6) is 0 Å².